The van der Waals surface area contributed by atoms with Crippen molar-refractivity contribution >= 4 is 11.9 Å². The van der Waals surface area contributed by atoms with Gasteiger partial charge in [0.25, 0.3) is 5.91 Å². The van der Waals surface area contributed by atoms with Crippen LogP contribution in [0.3, 0.4) is 0 Å². The van der Waals surface area contributed by atoms with Crippen molar-refractivity contribution in [3.63, 3.8) is 0 Å². The van der Waals surface area contributed by atoms with Crippen molar-refractivity contribution in [2.24, 2.45) is 10.9 Å². The second kappa shape index (κ2) is 9.93. The minimum Gasteiger partial charge on any atom is -0.381 e. The summed E-state index contributed by atoms with van der Waals surface area (Å²) in [6.45, 7) is 6.56. The van der Waals surface area contributed by atoms with Gasteiger partial charge in [-0.15, -0.1) is 0 Å². The van der Waals surface area contributed by atoms with Gasteiger partial charge in [0, 0.05) is 44.8 Å². The van der Waals surface area contributed by atoms with Crippen LogP contribution in [0.2, 0.25) is 0 Å². The second-order valence-electron chi connectivity index (χ2n) is 5.97. The molecule has 0 aromatic heterocycles. The van der Waals surface area contributed by atoms with Crippen molar-refractivity contribution in [1.29, 1.82) is 0 Å². The third-order valence-electron chi connectivity index (χ3n) is 3.95. The molecule has 1 aliphatic heterocycles. The van der Waals surface area contributed by atoms with Gasteiger partial charge in [0.1, 0.15) is 0 Å². The number of aliphatic imine (C=N–C) groups is 1. The van der Waals surface area contributed by atoms with E-state index in [0.29, 0.717) is 24.6 Å². The minimum atomic E-state index is -0.0627. The van der Waals surface area contributed by atoms with Crippen LogP contribution in [-0.4, -0.2) is 63.2 Å². The lowest BCUT2D eigenvalue weighted by molar-refractivity contribution is 0.0955. The first-order valence-corrected chi connectivity index (χ1v) is 8.61. The molecule has 1 heterocycles. The Labute approximate surface area is 144 Å². The highest BCUT2D eigenvalue weighted by molar-refractivity contribution is 5.94. The molecule has 1 fully saturated rings. The van der Waals surface area contributed by atoms with Gasteiger partial charge in [-0.05, 0) is 25.5 Å². The normalized spacial score (nSPS) is 17.6. The number of hydrogen-bond donors (Lipinski definition) is 2. The van der Waals surface area contributed by atoms with Crippen molar-refractivity contribution in [2.75, 3.05) is 46.4 Å². The third-order valence-corrected chi connectivity index (χ3v) is 3.95. The SMILES string of the molecule is CCNC(=NCCNC(=O)c1ccccc1)N(C)CC1CCOC1. The highest BCUT2D eigenvalue weighted by atomic mass is 16.5. The van der Waals surface area contributed by atoms with Crippen LogP contribution in [0.4, 0.5) is 0 Å². The van der Waals surface area contributed by atoms with Crippen LogP contribution in [-0.2, 0) is 4.74 Å². The molecule has 1 aliphatic rings. The summed E-state index contributed by atoms with van der Waals surface area (Å²) in [6.07, 6.45) is 1.11. The molecule has 0 aliphatic carbocycles. The van der Waals surface area contributed by atoms with E-state index in [1.54, 1.807) is 12.1 Å². The van der Waals surface area contributed by atoms with E-state index >= 15 is 0 Å². The lowest BCUT2D eigenvalue weighted by Crippen LogP contribution is -2.42. The average Bonchev–Trinajstić information content (AvgIpc) is 3.11. The Morgan fingerprint density at radius 2 is 2.12 bits per heavy atom. The summed E-state index contributed by atoms with van der Waals surface area (Å²) >= 11 is 0. The molecule has 2 rings (SSSR count). The summed E-state index contributed by atoms with van der Waals surface area (Å²) in [5.41, 5.74) is 0.673. The van der Waals surface area contributed by atoms with Crippen LogP contribution >= 0.6 is 0 Å². The molecule has 2 N–H and O–H groups in total. The Kier molecular flexibility index (Phi) is 7.55. The molecule has 1 aromatic carbocycles. The zero-order valence-electron chi connectivity index (χ0n) is 14.6. The molecule has 1 atom stereocenters. The maximum atomic E-state index is 12.0. The first-order valence-electron chi connectivity index (χ1n) is 8.61. The monoisotopic (exact) mass is 332 g/mol. The van der Waals surface area contributed by atoms with Crippen LogP contribution in [0, 0.1) is 5.92 Å². The van der Waals surface area contributed by atoms with E-state index < -0.39 is 0 Å². The molecule has 6 heteroatoms. The highest BCUT2D eigenvalue weighted by Gasteiger charge is 2.18. The lowest BCUT2D eigenvalue weighted by Gasteiger charge is -2.24. The minimum absolute atomic E-state index is 0.0627. The average molecular weight is 332 g/mol. The lowest BCUT2D eigenvalue weighted by atomic mass is 10.1. The summed E-state index contributed by atoms with van der Waals surface area (Å²) < 4.78 is 5.43. The molecule has 0 saturated carbocycles. The Hall–Kier alpha value is -2.08. The molecular weight excluding hydrogens is 304 g/mol. The van der Waals surface area contributed by atoms with Gasteiger partial charge in [-0.3, -0.25) is 9.79 Å². The fourth-order valence-corrected chi connectivity index (χ4v) is 2.69. The van der Waals surface area contributed by atoms with E-state index in [4.69, 9.17) is 4.74 Å². The molecule has 1 amide bonds. The van der Waals surface area contributed by atoms with Crippen molar-refractivity contribution < 1.29 is 9.53 Å². The quantitative estimate of drug-likeness (QED) is 0.449. The Morgan fingerprint density at radius 3 is 2.79 bits per heavy atom. The van der Waals surface area contributed by atoms with Crippen molar-refractivity contribution in [3.05, 3.63) is 35.9 Å². The Balaban J connectivity index is 1.78. The number of carbonyl (C=O) groups is 1. The molecule has 132 valence electrons. The molecule has 1 unspecified atom stereocenters. The van der Waals surface area contributed by atoms with Crippen LogP contribution < -0.4 is 10.6 Å². The van der Waals surface area contributed by atoms with Crippen LogP contribution in [0.15, 0.2) is 35.3 Å². The molecular formula is C18H28N4O2. The molecule has 0 bridgehead atoms. The Bertz CT molecular complexity index is 527. The van der Waals surface area contributed by atoms with Crippen molar-refractivity contribution in [2.45, 2.75) is 13.3 Å². The number of rotatable bonds is 7. The van der Waals surface area contributed by atoms with Gasteiger partial charge in [0.15, 0.2) is 5.96 Å². The van der Waals surface area contributed by atoms with E-state index in [1.165, 1.54) is 0 Å². The number of hydrogen-bond acceptors (Lipinski definition) is 3. The molecule has 1 aromatic rings. The van der Waals surface area contributed by atoms with Gasteiger partial charge in [-0.2, -0.15) is 0 Å². The van der Waals surface area contributed by atoms with Gasteiger partial charge >= 0.3 is 0 Å². The van der Waals surface area contributed by atoms with E-state index in [0.717, 1.165) is 38.7 Å². The number of ether oxygens (including phenoxy) is 1. The fraction of sp³-hybridized carbons (Fsp3) is 0.556. The summed E-state index contributed by atoms with van der Waals surface area (Å²) in [5.74, 6) is 1.38. The van der Waals surface area contributed by atoms with Crippen LogP contribution in [0.25, 0.3) is 0 Å². The largest absolute Gasteiger partial charge is 0.381 e. The number of guanidine groups is 1. The Morgan fingerprint density at radius 1 is 1.33 bits per heavy atom. The first kappa shape index (κ1) is 18.3. The van der Waals surface area contributed by atoms with E-state index in [1.807, 2.05) is 25.2 Å². The van der Waals surface area contributed by atoms with Crippen LogP contribution in [0.5, 0.6) is 0 Å². The fourth-order valence-electron chi connectivity index (χ4n) is 2.69. The van der Waals surface area contributed by atoms with Crippen molar-refractivity contribution in [3.8, 4) is 0 Å². The molecule has 1 saturated heterocycles. The number of nitrogens with zero attached hydrogens (tertiary/aromatic N) is 2. The number of carbonyl (C=O) groups excluding carboxylic acids is 1. The van der Waals surface area contributed by atoms with Gasteiger partial charge in [-0.1, -0.05) is 18.2 Å². The third kappa shape index (κ3) is 5.85. The van der Waals surface area contributed by atoms with E-state index in [2.05, 4.69) is 27.4 Å². The maximum Gasteiger partial charge on any atom is 0.251 e. The van der Waals surface area contributed by atoms with Crippen LogP contribution in [0.1, 0.15) is 23.7 Å². The predicted octanol–water partition coefficient (Wildman–Crippen LogP) is 1.35. The molecule has 24 heavy (non-hydrogen) atoms. The zero-order valence-corrected chi connectivity index (χ0v) is 14.6. The van der Waals surface area contributed by atoms with Gasteiger partial charge in [-0.25, -0.2) is 0 Å². The zero-order chi connectivity index (χ0) is 17.2. The molecule has 6 nitrogen and oxygen atoms in total. The topological polar surface area (TPSA) is 66.0 Å². The van der Waals surface area contributed by atoms with Crippen molar-refractivity contribution in [1.82, 2.24) is 15.5 Å². The number of amides is 1. The predicted molar refractivity (Wildman–Crippen MR) is 96.3 cm³/mol. The van der Waals surface area contributed by atoms with E-state index in [-0.39, 0.29) is 5.91 Å². The van der Waals surface area contributed by atoms with Gasteiger partial charge in [0.05, 0.1) is 13.2 Å². The number of nitrogens with one attached hydrogen (secondary N) is 2. The van der Waals surface area contributed by atoms with Gasteiger partial charge < -0.3 is 20.3 Å². The molecule has 0 spiro atoms. The molecule has 0 radical (unpaired) electrons. The summed E-state index contributed by atoms with van der Waals surface area (Å²) in [7, 11) is 2.04. The smallest absolute Gasteiger partial charge is 0.251 e. The second-order valence-corrected chi connectivity index (χ2v) is 5.97. The van der Waals surface area contributed by atoms with Gasteiger partial charge in [0.2, 0.25) is 0 Å². The highest BCUT2D eigenvalue weighted by Crippen LogP contribution is 2.13. The standard InChI is InChI=1S/C18H28N4O2/c1-3-19-18(22(2)13-15-9-12-24-14-15)21-11-10-20-17(23)16-7-5-4-6-8-16/h4-8,15H,3,9-14H2,1-2H3,(H,19,21)(H,20,23). The summed E-state index contributed by atoms with van der Waals surface area (Å²) in [5, 5.41) is 6.19. The summed E-state index contributed by atoms with van der Waals surface area (Å²) in [4.78, 5) is 18.7. The summed E-state index contributed by atoms with van der Waals surface area (Å²) in [6, 6.07) is 9.23. The number of benzene rings is 1. The van der Waals surface area contributed by atoms with E-state index in [9.17, 15) is 4.79 Å². The first-order chi connectivity index (χ1) is 11.7. The maximum absolute atomic E-state index is 12.0.